The maximum absolute atomic E-state index is 6.39. The molecule has 1 aliphatic rings. The van der Waals surface area contributed by atoms with Crippen molar-refractivity contribution in [1.82, 2.24) is 15.1 Å². The maximum Gasteiger partial charge on any atom is 0.0836 e. The van der Waals surface area contributed by atoms with E-state index in [2.05, 4.69) is 36.1 Å². The molecule has 22 heavy (non-hydrogen) atoms. The fourth-order valence-corrected chi connectivity index (χ4v) is 3.20. The molecule has 0 amide bonds. The van der Waals surface area contributed by atoms with E-state index in [-0.39, 0.29) is 5.41 Å². The lowest BCUT2D eigenvalue weighted by atomic mass is 9.90. The van der Waals surface area contributed by atoms with Gasteiger partial charge in [0.2, 0.25) is 0 Å². The van der Waals surface area contributed by atoms with Gasteiger partial charge in [-0.2, -0.15) is 5.10 Å². The summed E-state index contributed by atoms with van der Waals surface area (Å²) in [7, 11) is 0. The van der Waals surface area contributed by atoms with Crippen LogP contribution in [0.3, 0.4) is 0 Å². The molecule has 3 rings (SSSR count). The molecule has 0 radical (unpaired) electrons. The number of nitrogens with zero attached hydrogens (tertiary/aromatic N) is 3. The van der Waals surface area contributed by atoms with E-state index < -0.39 is 0 Å². The number of hydrogen-bond acceptors (Lipinski definition) is 3. The van der Waals surface area contributed by atoms with Gasteiger partial charge in [-0.15, -0.1) is 0 Å². The highest BCUT2D eigenvalue weighted by atomic mass is 35.5. The summed E-state index contributed by atoms with van der Waals surface area (Å²) in [4.78, 5) is 2.41. The second kappa shape index (κ2) is 5.94. The quantitative estimate of drug-likeness (QED) is 0.923. The average Bonchev–Trinajstić information content (AvgIpc) is 2.93. The molecule has 2 heterocycles. The Labute approximate surface area is 137 Å². The topological polar surface area (TPSA) is 33.1 Å². The fraction of sp³-hybridized carbons (Fsp3) is 0.471. The van der Waals surface area contributed by atoms with Gasteiger partial charge < -0.3 is 10.2 Å². The first-order valence-electron chi connectivity index (χ1n) is 7.77. The number of piperazine rings is 1. The lowest BCUT2D eigenvalue weighted by Crippen LogP contribution is -2.44. The number of rotatable bonds is 2. The van der Waals surface area contributed by atoms with Crippen LogP contribution in [0.2, 0.25) is 5.02 Å². The molecule has 0 atom stereocenters. The van der Waals surface area contributed by atoms with Gasteiger partial charge in [0.1, 0.15) is 0 Å². The number of halogens is 1. The standard InChI is InChI=1S/C17H23ClN4/c1-17(2,3)16-15(21-10-8-19-9-11-21)12-20-22(16)14-7-5-4-6-13(14)18/h4-7,12,19H,8-11H2,1-3H3. The van der Waals surface area contributed by atoms with Gasteiger partial charge in [0.25, 0.3) is 0 Å². The number of hydrogen-bond donors (Lipinski definition) is 1. The lowest BCUT2D eigenvalue weighted by molar-refractivity contribution is 0.534. The Kier molecular flexibility index (Phi) is 4.15. The third-order valence-electron chi connectivity index (χ3n) is 4.00. The second-order valence-corrected chi connectivity index (χ2v) is 7.14. The van der Waals surface area contributed by atoms with Crippen molar-refractivity contribution in [3.8, 4) is 5.69 Å². The number of nitrogens with one attached hydrogen (secondary N) is 1. The molecule has 1 saturated heterocycles. The van der Waals surface area contributed by atoms with Gasteiger partial charge in [-0.3, -0.25) is 0 Å². The molecule has 0 aliphatic carbocycles. The highest BCUT2D eigenvalue weighted by Crippen LogP contribution is 2.35. The van der Waals surface area contributed by atoms with E-state index in [1.165, 1.54) is 11.4 Å². The third-order valence-corrected chi connectivity index (χ3v) is 4.32. The van der Waals surface area contributed by atoms with E-state index in [0.717, 1.165) is 36.9 Å². The van der Waals surface area contributed by atoms with Crippen LogP contribution in [0.5, 0.6) is 0 Å². The Balaban J connectivity index is 2.12. The van der Waals surface area contributed by atoms with Crippen LogP contribution in [0, 0.1) is 0 Å². The molecule has 0 saturated carbocycles. The van der Waals surface area contributed by atoms with Gasteiger partial charge in [0, 0.05) is 31.6 Å². The summed E-state index contributed by atoms with van der Waals surface area (Å²) in [5.74, 6) is 0. The third kappa shape index (κ3) is 2.85. The van der Waals surface area contributed by atoms with E-state index in [1.54, 1.807) is 0 Å². The molecule has 1 fully saturated rings. The monoisotopic (exact) mass is 318 g/mol. The predicted octanol–water partition coefficient (Wildman–Crippen LogP) is 3.23. The summed E-state index contributed by atoms with van der Waals surface area (Å²) >= 11 is 6.39. The van der Waals surface area contributed by atoms with Crippen LogP contribution < -0.4 is 10.2 Å². The molecular formula is C17H23ClN4. The van der Waals surface area contributed by atoms with Crippen LogP contribution >= 0.6 is 11.6 Å². The Morgan fingerprint density at radius 3 is 2.41 bits per heavy atom. The lowest BCUT2D eigenvalue weighted by Gasteiger charge is -2.32. The van der Waals surface area contributed by atoms with E-state index in [9.17, 15) is 0 Å². The predicted molar refractivity (Wildman–Crippen MR) is 92.4 cm³/mol. The summed E-state index contributed by atoms with van der Waals surface area (Å²) in [6.07, 6.45) is 1.98. The second-order valence-electron chi connectivity index (χ2n) is 6.73. The molecule has 1 aromatic carbocycles. The minimum atomic E-state index is -0.0180. The minimum absolute atomic E-state index is 0.0180. The molecule has 5 heteroatoms. The highest BCUT2D eigenvalue weighted by Gasteiger charge is 2.28. The molecule has 0 unspecified atom stereocenters. The molecule has 1 aromatic heterocycles. The van der Waals surface area contributed by atoms with E-state index >= 15 is 0 Å². The van der Waals surface area contributed by atoms with E-state index in [4.69, 9.17) is 11.6 Å². The molecule has 118 valence electrons. The van der Waals surface area contributed by atoms with Crippen LogP contribution in [-0.4, -0.2) is 36.0 Å². The smallest absolute Gasteiger partial charge is 0.0836 e. The molecule has 1 aliphatic heterocycles. The Bertz CT molecular complexity index is 651. The van der Waals surface area contributed by atoms with E-state index in [1.807, 2.05) is 35.1 Å². The van der Waals surface area contributed by atoms with Gasteiger partial charge >= 0.3 is 0 Å². The van der Waals surface area contributed by atoms with Gasteiger partial charge in [0.05, 0.1) is 28.3 Å². The molecule has 0 bridgehead atoms. The first-order chi connectivity index (χ1) is 10.5. The first-order valence-corrected chi connectivity index (χ1v) is 8.15. The Hall–Kier alpha value is -1.52. The van der Waals surface area contributed by atoms with Crippen molar-refractivity contribution in [2.24, 2.45) is 0 Å². The van der Waals surface area contributed by atoms with Crippen LogP contribution in [-0.2, 0) is 5.41 Å². The SMILES string of the molecule is CC(C)(C)c1c(N2CCNCC2)cnn1-c1ccccc1Cl. The summed E-state index contributed by atoms with van der Waals surface area (Å²) in [6.45, 7) is 10.7. The molecule has 2 aromatic rings. The van der Waals surface area contributed by atoms with Crippen molar-refractivity contribution in [2.45, 2.75) is 26.2 Å². The van der Waals surface area contributed by atoms with Gasteiger partial charge in [-0.05, 0) is 12.1 Å². The summed E-state index contributed by atoms with van der Waals surface area (Å²) < 4.78 is 2.00. The maximum atomic E-state index is 6.39. The number of para-hydroxylation sites is 1. The van der Waals surface area contributed by atoms with Crippen molar-refractivity contribution in [1.29, 1.82) is 0 Å². The fourth-order valence-electron chi connectivity index (χ4n) is 2.99. The zero-order valence-electron chi connectivity index (χ0n) is 13.4. The zero-order valence-corrected chi connectivity index (χ0v) is 14.2. The number of aromatic nitrogens is 2. The number of benzene rings is 1. The molecule has 1 N–H and O–H groups in total. The Morgan fingerprint density at radius 1 is 1.09 bits per heavy atom. The number of anilines is 1. The van der Waals surface area contributed by atoms with Gasteiger partial charge in [-0.1, -0.05) is 44.5 Å². The van der Waals surface area contributed by atoms with Crippen molar-refractivity contribution in [3.63, 3.8) is 0 Å². The summed E-state index contributed by atoms with van der Waals surface area (Å²) in [5.41, 5.74) is 3.35. The molecule has 4 nitrogen and oxygen atoms in total. The van der Waals surface area contributed by atoms with Crippen LogP contribution in [0.25, 0.3) is 5.69 Å². The largest absolute Gasteiger partial charge is 0.366 e. The highest BCUT2D eigenvalue weighted by molar-refractivity contribution is 6.32. The van der Waals surface area contributed by atoms with Gasteiger partial charge in [0.15, 0.2) is 0 Å². The van der Waals surface area contributed by atoms with Crippen molar-refractivity contribution >= 4 is 17.3 Å². The van der Waals surface area contributed by atoms with Crippen LogP contribution in [0.1, 0.15) is 26.5 Å². The zero-order chi connectivity index (χ0) is 15.7. The average molecular weight is 319 g/mol. The molecule has 0 spiro atoms. The Morgan fingerprint density at radius 2 is 1.77 bits per heavy atom. The van der Waals surface area contributed by atoms with Crippen LogP contribution in [0.4, 0.5) is 5.69 Å². The molecular weight excluding hydrogens is 296 g/mol. The normalized spacial score (nSPS) is 16.1. The van der Waals surface area contributed by atoms with Crippen molar-refractivity contribution in [2.75, 3.05) is 31.1 Å². The summed E-state index contributed by atoms with van der Waals surface area (Å²) in [5, 5.41) is 8.78. The van der Waals surface area contributed by atoms with E-state index in [0.29, 0.717) is 0 Å². The minimum Gasteiger partial charge on any atom is -0.366 e. The summed E-state index contributed by atoms with van der Waals surface area (Å²) in [6, 6.07) is 7.88. The van der Waals surface area contributed by atoms with Crippen LogP contribution in [0.15, 0.2) is 30.5 Å². The first kappa shape index (κ1) is 15.4. The van der Waals surface area contributed by atoms with Crippen molar-refractivity contribution in [3.05, 3.63) is 41.2 Å². The van der Waals surface area contributed by atoms with Gasteiger partial charge in [-0.25, -0.2) is 4.68 Å². The van der Waals surface area contributed by atoms with Crippen molar-refractivity contribution < 1.29 is 0 Å².